The van der Waals surface area contributed by atoms with Gasteiger partial charge in [0.15, 0.2) is 0 Å². The van der Waals surface area contributed by atoms with Gasteiger partial charge in [0.2, 0.25) is 0 Å². The summed E-state index contributed by atoms with van der Waals surface area (Å²) in [6.45, 7) is 4.84. The molecule has 2 fully saturated rings. The van der Waals surface area contributed by atoms with Crippen LogP contribution in [0, 0.1) is 28.6 Å². The number of hydrogen-bond donors (Lipinski definition) is 2. The van der Waals surface area contributed by atoms with Crippen LogP contribution < -0.4 is 0 Å². The molecular weight excluding hydrogens is 300 g/mol. The van der Waals surface area contributed by atoms with E-state index in [1.807, 2.05) is 0 Å². The predicted molar refractivity (Wildman–Crippen MR) is 94.2 cm³/mol. The third kappa shape index (κ3) is 2.17. The van der Waals surface area contributed by atoms with Gasteiger partial charge in [-0.3, -0.25) is 0 Å². The van der Waals surface area contributed by atoms with Crippen LogP contribution in [0.3, 0.4) is 0 Å². The lowest BCUT2D eigenvalue weighted by Gasteiger charge is -2.57. The van der Waals surface area contributed by atoms with Crippen molar-refractivity contribution >= 4 is 0 Å². The van der Waals surface area contributed by atoms with Crippen LogP contribution in [0.1, 0.15) is 58.8 Å². The van der Waals surface area contributed by atoms with Crippen molar-refractivity contribution < 1.29 is 14.9 Å². The topological polar surface area (TPSA) is 49.7 Å². The lowest BCUT2D eigenvalue weighted by Crippen LogP contribution is -2.53. The summed E-state index contributed by atoms with van der Waals surface area (Å²) in [7, 11) is 1.76. The molecule has 0 aromatic rings. The molecule has 3 nitrogen and oxygen atoms in total. The van der Waals surface area contributed by atoms with Gasteiger partial charge < -0.3 is 14.9 Å². The molecule has 0 aromatic carbocycles. The summed E-state index contributed by atoms with van der Waals surface area (Å²) >= 11 is 0. The van der Waals surface area contributed by atoms with Gasteiger partial charge >= 0.3 is 0 Å². The van der Waals surface area contributed by atoms with Crippen molar-refractivity contribution in [3.63, 3.8) is 0 Å². The molecule has 0 amide bonds. The minimum Gasteiger partial charge on any atom is -0.501 e. The molecule has 2 saturated carbocycles. The summed E-state index contributed by atoms with van der Waals surface area (Å²) < 4.78 is 5.51. The minimum absolute atomic E-state index is 0.0534. The van der Waals surface area contributed by atoms with Gasteiger partial charge in [0, 0.05) is 13.0 Å². The van der Waals surface area contributed by atoms with Crippen LogP contribution >= 0.6 is 0 Å². The molecule has 4 rings (SSSR count). The van der Waals surface area contributed by atoms with Gasteiger partial charge in [-0.1, -0.05) is 25.0 Å². The molecule has 4 aliphatic rings. The molecule has 0 aromatic heterocycles. The quantitative estimate of drug-likeness (QED) is 0.756. The maximum Gasteiger partial charge on any atom is 0.0959 e. The van der Waals surface area contributed by atoms with Crippen LogP contribution in [0.4, 0.5) is 0 Å². The lowest BCUT2D eigenvalue weighted by atomic mass is 9.47. The van der Waals surface area contributed by atoms with E-state index in [9.17, 15) is 10.2 Å². The highest BCUT2D eigenvalue weighted by Gasteiger charge is 2.59. The highest BCUT2D eigenvalue weighted by atomic mass is 16.5. The number of ether oxygens (including phenoxy) is 1. The van der Waals surface area contributed by atoms with Crippen molar-refractivity contribution in [1.29, 1.82) is 0 Å². The van der Waals surface area contributed by atoms with E-state index < -0.39 is 0 Å². The molecule has 3 heteroatoms. The fraction of sp³-hybridized carbons (Fsp3) is 0.810. The molecule has 4 aliphatic carbocycles. The number of aliphatic hydroxyl groups is 2. The number of aliphatic hydroxyl groups excluding tert-OH is 2. The molecule has 0 radical (unpaired) electrons. The molecule has 134 valence electrons. The van der Waals surface area contributed by atoms with Crippen LogP contribution in [-0.4, -0.2) is 30.0 Å². The second-order valence-corrected chi connectivity index (χ2v) is 9.25. The molecule has 0 spiro atoms. The van der Waals surface area contributed by atoms with Crippen LogP contribution in [0.25, 0.3) is 0 Å². The van der Waals surface area contributed by atoms with Gasteiger partial charge in [-0.15, -0.1) is 0 Å². The zero-order chi connectivity index (χ0) is 17.1. The second-order valence-electron chi connectivity index (χ2n) is 9.25. The zero-order valence-electron chi connectivity index (χ0n) is 15.3. The maximum atomic E-state index is 10.6. The molecule has 0 unspecified atom stereocenters. The summed E-state index contributed by atoms with van der Waals surface area (Å²) in [6, 6.07) is 0. The van der Waals surface area contributed by atoms with Gasteiger partial charge in [-0.25, -0.2) is 0 Å². The monoisotopic (exact) mass is 332 g/mol. The molecule has 2 N–H and O–H groups in total. The largest absolute Gasteiger partial charge is 0.501 e. The first-order valence-corrected chi connectivity index (χ1v) is 9.65. The Morgan fingerprint density at radius 1 is 1.25 bits per heavy atom. The molecule has 0 saturated heterocycles. The van der Waals surface area contributed by atoms with Crippen molar-refractivity contribution in [2.75, 3.05) is 13.7 Å². The smallest absolute Gasteiger partial charge is 0.0959 e. The Kier molecular flexibility index (Phi) is 3.89. The average Bonchev–Trinajstić information content (AvgIpc) is 2.89. The van der Waals surface area contributed by atoms with E-state index in [1.165, 1.54) is 12.0 Å². The highest BCUT2D eigenvalue weighted by molar-refractivity contribution is 5.35. The summed E-state index contributed by atoms with van der Waals surface area (Å²) in [5.74, 6) is 2.73. The van der Waals surface area contributed by atoms with Crippen LogP contribution in [0.2, 0.25) is 0 Å². The van der Waals surface area contributed by atoms with Crippen molar-refractivity contribution in [1.82, 2.24) is 0 Å². The Balaban J connectivity index is 1.73. The first-order valence-electron chi connectivity index (χ1n) is 9.65. The van der Waals surface area contributed by atoms with E-state index in [1.54, 1.807) is 12.7 Å². The van der Waals surface area contributed by atoms with Crippen molar-refractivity contribution in [2.24, 2.45) is 28.6 Å². The Morgan fingerprint density at radius 2 is 2.04 bits per heavy atom. The highest BCUT2D eigenvalue weighted by Crippen LogP contribution is 2.65. The summed E-state index contributed by atoms with van der Waals surface area (Å²) in [5, 5.41) is 21.0. The first kappa shape index (κ1) is 16.7. The summed E-state index contributed by atoms with van der Waals surface area (Å²) in [4.78, 5) is 0. The average molecular weight is 332 g/mol. The number of hydrogen-bond acceptors (Lipinski definition) is 3. The predicted octanol–water partition coefficient (Wildman–Crippen LogP) is 3.81. The van der Waals surface area contributed by atoms with Gasteiger partial charge in [0.1, 0.15) is 0 Å². The van der Waals surface area contributed by atoms with E-state index >= 15 is 0 Å². The van der Waals surface area contributed by atoms with E-state index in [-0.39, 0.29) is 23.5 Å². The minimum atomic E-state index is -0.159. The first-order chi connectivity index (χ1) is 11.4. The van der Waals surface area contributed by atoms with E-state index in [2.05, 4.69) is 19.9 Å². The molecule has 6 atom stereocenters. The molecule has 24 heavy (non-hydrogen) atoms. The van der Waals surface area contributed by atoms with Crippen LogP contribution in [0.15, 0.2) is 23.0 Å². The van der Waals surface area contributed by atoms with Crippen molar-refractivity contribution in [2.45, 2.75) is 64.9 Å². The molecular formula is C21H32O3. The van der Waals surface area contributed by atoms with E-state index in [4.69, 9.17) is 4.74 Å². The Morgan fingerprint density at radius 3 is 2.75 bits per heavy atom. The third-order valence-electron chi connectivity index (χ3n) is 8.10. The van der Waals surface area contributed by atoms with E-state index in [0.717, 1.165) is 44.3 Å². The normalized spacial score (nSPS) is 47.6. The van der Waals surface area contributed by atoms with Gasteiger partial charge in [0.25, 0.3) is 0 Å². The number of rotatable bonds is 2. The molecule has 0 bridgehead atoms. The number of methoxy groups -OCH3 is 1. The number of allylic oxidation sites excluding steroid dienone is 3. The maximum absolute atomic E-state index is 10.6. The van der Waals surface area contributed by atoms with E-state index in [0.29, 0.717) is 17.8 Å². The molecule has 0 aliphatic heterocycles. The summed E-state index contributed by atoms with van der Waals surface area (Å²) in [6.07, 6.45) is 9.38. The SMILES string of the molecule is COC1=CCC2=C(C1)C[C@](C)(CO)[C@@H]1[C@@H]2CC[C@@]2(C)[C@@H]1CC[C@@H]2O. The van der Waals surface area contributed by atoms with Crippen LogP contribution in [-0.2, 0) is 4.74 Å². The number of fused-ring (bicyclic) bond motifs is 4. The van der Waals surface area contributed by atoms with Crippen molar-refractivity contribution in [3.05, 3.63) is 23.0 Å². The van der Waals surface area contributed by atoms with Gasteiger partial charge in [-0.2, -0.15) is 0 Å². The standard InChI is InChI=1S/C21H32O3/c1-20(12-22)11-13-10-14(24-3)4-5-15(13)16-8-9-21(2)17(19(16)20)6-7-18(21)23/h4,16-19,22-23H,5-12H2,1-3H3/t16-,17-,18+,19-,20-,21+/m1/s1. The zero-order valence-corrected chi connectivity index (χ0v) is 15.3. The second kappa shape index (κ2) is 5.60. The third-order valence-corrected chi connectivity index (χ3v) is 8.10. The van der Waals surface area contributed by atoms with Crippen LogP contribution in [0.5, 0.6) is 0 Å². The fourth-order valence-corrected chi connectivity index (χ4v) is 6.75. The van der Waals surface area contributed by atoms with Gasteiger partial charge in [0.05, 0.1) is 19.0 Å². The van der Waals surface area contributed by atoms with Gasteiger partial charge in [-0.05, 0) is 73.2 Å². The summed E-state index contributed by atoms with van der Waals surface area (Å²) in [5.41, 5.74) is 3.15. The Hall–Kier alpha value is -0.800. The fourth-order valence-electron chi connectivity index (χ4n) is 6.75. The van der Waals surface area contributed by atoms with Crippen molar-refractivity contribution in [3.8, 4) is 0 Å². The molecule has 0 heterocycles. The Labute approximate surface area is 145 Å². The Bertz CT molecular complexity index is 592. The lowest BCUT2D eigenvalue weighted by molar-refractivity contribution is -0.0890.